The maximum absolute atomic E-state index is 11.2. The summed E-state index contributed by atoms with van der Waals surface area (Å²) in [4.78, 5) is 22.4. The Morgan fingerprint density at radius 3 is 1.36 bits per heavy atom. The highest BCUT2D eigenvalue weighted by Gasteiger charge is 2.06. The minimum atomic E-state index is -0.0433. The number of carbonyl (C=O) groups is 2. The van der Waals surface area contributed by atoms with E-state index in [4.69, 9.17) is 0 Å². The van der Waals surface area contributed by atoms with E-state index in [0.29, 0.717) is 11.1 Å². The minimum absolute atomic E-state index is 0.0433. The summed E-state index contributed by atoms with van der Waals surface area (Å²) in [6.07, 6.45) is 0. The zero-order chi connectivity index (χ0) is 10.6. The van der Waals surface area contributed by atoms with Crippen LogP contribution in [0.1, 0.15) is 20.7 Å². The van der Waals surface area contributed by atoms with Crippen molar-refractivity contribution >= 4 is 36.8 Å². The van der Waals surface area contributed by atoms with E-state index in [-0.39, 0.29) is 23.1 Å². The molecule has 0 heterocycles. The van der Waals surface area contributed by atoms with Crippen LogP contribution in [0, 0.1) is 0 Å². The highest BCUT2D eigenvalue weighted by molar-refractivity contribution is 7.81. The van der Waals surface area contributed by atoms with Crippen molar-refractivity contribution in [3.05, 3.63) is 35.4 Å². The molecule has 0 unspecified atom stereocenters. The van der Waals surface area contributed by atoms with Gasteiger partial charge in [0.25, 0.3) is 0 Å². The number of hydrogen-bond acceptors (Lipinski definition) is 4. The Morgan fingerprint density at radius 1 is 0.857 bits per heavy atom. The first-order valence-electron chi connectivity index (χ1n) is 4.07. The van der Waals surface area contributed by atoms with Crippen LogP contribution in [0.4, 0.5) is 0 Å². The number of carbonyl (C=O) groups excluding carboxylic acids is 2. The lowest BCUT2D eigenvalue weighted by Gasteiger charge is -1.99. The average molecular weight is 226 g/mol. The summed E-state index contributed by atoms with van der Waals surface area (Å²) in [5.41, 5.74) is 1.16. The van der Waals surface area contributed by atoms with Gasteiger partial charge in [-0.2, -0.15) is 25.3 Å². The normalized spacial score (nSPS) is 9.86. The van der Waals surface area contributed by atoms with Crippen molar-refractivity contribution in [1.82, 2.24) is 0 Å². The van der Waals surface area contributed by atoms with E-state index < -0.39 is 0 Å². The summed E-state index contributed by atoms with van der Waals surface area (Å²) in [6.45, 7) is 0. The van der Waals surface area contributed by atoms with Crippen LogP contribution in [-0.4, -0.2) is 23.1 Å². The van der Waals surface area contributed by atoms with Gasteiger partial charge in [0.05, 0.1) is 11.5 Å². The van der Waals surface area contributed by atoms with Crippen molar-refractivity contribution < 1.29 is 9.59 Å². The molecule has 0 spiro atoms. The molecule has 0 N–H and O–H groups in total. The van der Waals surface area contributed by atoms with Gasteiger partial charge in [-0.3, -0.25) is 9.59 Å². The number of Topliss-reactive ketones (excluding diaryl/α,β-unsaturated/α-hetero) is 2. The zero-order valence-corrected chi connectivity index (χ0v) is 9.22. The summed E-state index contributed by atoms with van der Waals surface area (Å²) >= 11 is 7.77. The molecule has 1 aromatic carbocycles. The zero-order valence-electron chi connectivity index (χ0n) is 7.43. The van der Waals surface area contributed by atoms with E-state index in [1.165, 1.54) is 0 Å². The Balaban J connectivity index is 2.89. The van der Waals surface area contributed by atoms with Gasteiger partial charge in [-0.25, -0.2) is 0 Å². The second-order valence-electron chi connectivity index (χ2n) is 2.74. The Morgan fingerprint density at radius 2 is 1.14 bits per heavy atom. The predicted molar refractivity (Wildman–Crippen MR) is 62.8 cm³/mol. The lowest BCUT2D eigenvalue weighted by Crippen LogP contribution is -2.03. The lowest BCUT2D eigenvalue weighted by atomic mass is 10.1. The molecule has 0 saturated carbocycles. The first-order valence-corrected chi connectivity index (χ1v) is 5.33. The molecular weight excluding hydrogens is 216 g/mol. The Kier molecular flexibility index (Phi) is 4.22. The van der Waals surface area contributed by atoms with Crippen molar-refractivity contribution in [3.63, 3.8) is 0 Å². The van der Waals surface area contributed by atoms with E-state index in [1.807, 2.05) is 0 Å². The highest BCUT2D eigenvalue weighted by atomic mass is 32.1. The number of ketones is 2. The van der Waals surface area contributed by atoms with Gasteiger partial charge in [-0.05, 0) is 0 Å². The van der Waals surface area contributed by atoms with E-state index in [1.54, 1.807) is 24.3 Å². The summed E-state index contributed by atoms with van der Waals surface area (Å²) < 4.78 is 0. The molecule has 74 valence electrons. The molecule has 4 heteroatoms. The van der Waals surface area contributed by atoms with Crippen LogP contribution in [0.2, 0.25) is 0 Å². The van der Waals surface area contributed by atoms with Gasteiger partial charge in [-0.15, -0.1) is 0 Å². The molecule has 2 nitrogen and oxygen atoms in total. The maximum Gasteiger partial charge on any atom is 0.172 e. The third kappa shape index (κ3) is 2.62. The molecule has 0 aliphatic carbocycles. The SMILES string of the molecule is O=C(CS)c1ccc(C(=O)CS)cc1. The Hall–Kier alpha value is -0.740. The molecule has 0 bridgehead atoms. The first kappa shape index (κ1) is 11.3. The quantitative estimate of drug-likeness (QED) is 0.607. The van der Waals surface area contributed by atoms with Gasteiger partial charge in [0.15, 0.2) is 11.6 Å². The molecule has 0 saturated heterocycles. The fourth-order valence-corrected chi connectivity index (χ4v) is 1.39. The van der Waals surface area contributed by atoms with Crippen LogP contribution >= 0.6 is 25.3 Å². The Bertz CT molecular complexity index is 309. The van der Waals surface area contributed by atoms with Crippen LogP contribution in [0.15, 0.2) is 24.3 Å². The van der Waals surface area contributed by atoms with Gasteiger partial charge in [-0.1, -0.05) is 24.3 Å². The standard InChI is InChI=1S/C10H10O2S2/c11-9(5-13)7-1-2-8(4-3-7)10(12)6-14/h1-4,13-14H,5-6H2. The van der Waals surface area contributed by atoms with E-state index in [9.17, 15) is 9.59 Å². The topological polar surface area (TPSA) is 34.1 Å². The van der Waals surface area contributed by atoms with Gasteiger partial charge < -0.3 is 0 Å². The fourth-order valence-electron chi connectivity index (χ4n) is 1.02. The van der Waals surface area contributed by atoms with E-state index >= 15 is 0 Å². The Labute approximate surface area is 93.5 Å². The largest absolute Gasteiger partial charge is 0.293 e. The van der Waals surface area contributed by atoms with Crippen LogP contribution in [-0.2, 0) is 0 Å². The number of benzene rings is 1. The smallest absolute Gasteiger partial charge is 0.172 e. The van der Waals surface area contributed by atoms with Crippen LogP contribution in [0.25, 0.3) is 0 Å². The maximum atomic E-state index is 11.2. The molecule has 0 aromatic heterocycles. The van der Waals surface area contributed by atoms with Gasteiger partial charge in [0.1, 0.15) is 0 Å². The van der Waals surface area contributed by atoms with Crippen molar-refractivity contribution in [1.29, 1.82) is 0 Å². The van der Waals surface area contributed by atoms with Crippen molar-refractivity contribution in [2.24, 2.45) is 0 Å². The summed E-state index contributed by atoms with van der Waals surface area (Å²) in [5, 5.41) is 0. The van der Waals surface area contributed by atoms with E-state index in [0.717, 1.165) is 0 Å². The third-order valence-electron chi connectivity index (χ3n) is 1.82. The molecule has 14 heavy (non-hydrogen) atoms. The molecule has 0 fully saturated rings. The number of hydrogen-bond donors (Lipinski definition) is 2. The van der Waals surface area contributed by atoms with Gasteiger partial charge in [0.2, 0.25) is 0 Å². The second-order valence-corrected chi connectivity index (χ2v) is 3.37. The molecular formula is C10H10O2S2. The van der Waals surface area contributed by atoms with Crippen molar-refractivity contribution in [2.45, 2.75) is 0 Å². The second kappa shape index (κ2) is 5.22. The minimum Gasteiger partial charge on any atom is -0.293 e. The van der Waals surface area contributed by atoms with Crippen LogP contribution in [0.3, 0.4) is 0 Å². The van der Waals surface area contributed by atoms with Crippen LogP contribution < -0.4 is 0 Å². The van der Waals surface area contributed by atoms with Gasteiger partial charge in [0, 0.05) is 11.1 Å². The van der Waals surface area contributed by atoms with E-state index in [2.05, 4.69) is 25.3 Å². The molecule has 0 aliphatic heterocycles. The van der Waals surface area contributed by atoms with Gasteiger partial charge >= 0.3 is 0 Å². The molecule has 0 radical (unpaired) electrons. The fraction of sp³-hybridized carbons (Fsp3) is 0.200. The predicted octanol–water partition coefficient (Wildman–Crippen LogP) is 1.91. The molecule has 1 aromatic rings. The highest BCUT2D eigenvalue weighted by Crippen LogP contribution is 2.07. The third-order valence-corrected chi connectivity index (χ3v) is 2.39. The number of thiol groups is 2. The number of rotatable bonds is 4. The summed E-state index contributed by atoms with van der Waals surface area (Å²) in [6, 6.07) is 6.54. The lowest BCUT2D eigenvalue weighted by molar-refractivity contribution is 0.101. The molecule has 0 atom stereocenters. The molecule has 0 aliphatic rings. The monoisotopic (exact) mass is 226 g/mol. The molecule has 1 rings (SSSR count). The van der Waals surface area contributed by atoms with Crippen molar-refractivity contribution in [3.8, 4) is 0 Å². The van der Waals surface area contributed by atoms with Crippen LogP contribution in [0.5, 0.6) is 0 Å². The van der Waals surface area contributed by atoms with Crippen molar-refractivity contribution in [2.75, 3.05) is 11.5 Å². The first-order chi connectivity index (χ1) is 6.69. The summed E-state index contributed by atoms with van der Waals surface area (Å²) in [5.74, 6) is 0.274. The summed E-state index contributed by atoms with van der Waals surface area (Å²) in [7, 11) is 0. The average Bonchev–Trinajstić information content (AvgIpc) is 2.27. The molecule has 0 amide bonds.